The van der Waals surface area contributed by atoms with Gasteiger partial charge >= 0.3 is 0 Å². The van der Waals surface area contributed by atoms with Crippen molar-refractivity contribution in [2.24, 2.45) is 0 Å². The zero-order valence-electron chi connectivity index (χ0n) is 12.8. The fourth-order valence-corrected chi connectivity index (χ4v) is 2.33. The Morgan fingerprint density at radius 3 is 2.53 bits per heavy atom. The van der Waals surface area contributed by atoms with E-state index in [4.69, 9.17) is 9.47 Å². The molecule has 1 aromatic rings. The highest BCUT2D eigenvalue weighted by Gasteiger charge is 2.21. The third-order valence-electron chi connectivity index (χ3n) is 3.15. The first-order chi connectivity index (χ1) is 9.12. The second kappa shape index (κ2) is 8.18. The molecular weight excluding hydrogens is 238 g/mol. The molecule has 1 aromatic carbocycles. The van der Waals surface area contributed by atoms with E-state index in [-0.39, 0.29) is 18.2 Å². The van der Waals surface area contributed by atoms with Gasteiger partial charge in [0.15, 0.2) is 0 Å². The molecule has 3 heteroatoms. The molecule has 19 heavy (non-hydrogen) atoms. The summed E-state index contributed by atoms with van der Waals surface area (Å²) in [6, 6.07) is 8.45. The number of likely N-dealkylation sites (N-methyl/N-ethyl adjacent to an activating group) is 1. The number of methoxy groups -OCH3 is 1. The maximum atomic E-state index is 5.75. The third-order valence-corrected chi connectivity index (χ3v) is 3.15. The van der Waals surface area contributed by atoms with Crippen LogP contribution in [-0.4, -0.2) is 26.4 Å². The first-order valence-electron chi connectivity index (χ1n) is 7.09. The average molecular weight is 265 g/mol. The molecule has 0 fully saturated rings. The average Bonchev–Trinajstić information content (AvgIpc) is 2.38. The third kappa shape index (κ3) is 4.84. The summed E-state index contributed by atoms with van der Waals surface area (Å²) in [6.07, 6.45) is 2.53. The van der Waals surface area contributed by atoms with Crippen molar-refractivity contribution >= 4 is 0 Å². The van der Waals surface area contributed by atoms with Crippen LogP contribution >= 0.6 is 0 Å². The van der Waals surface area contributed by atoms with Crippen LogP contribution in [0.1, 0.15) is 45.2 Å². The van der Waals surface area contributed by atoms with Crippen molar-refractivity contribution < 1.29 is 9.47 Å². The van der Waals surface area contributed by atoms with Crippen molar-refractivity contribution in [1.29, 1.82) is 0 Å². The second-order valence-corrected chi connectivity index (χ2v) is 5.07. The predicted octanol–water partition coefficient (Wildman–Crippen LogP) is 3.55. The second-order valence-electron chi connectivity index (χ2n) is 5.07. The van der Waals surface area contributed by atoms with Crippen LogP contribution in [0.25, 0.3) is 0 Å². The maximum absolute atomic E-state index is 5.75. The van der Waals surface area contributed by atoms with Crippen molar-refractivity contribution in [2.45, 2.75) is 51.9 Å². The summed E-state index contributed by atoms with van der Waals surface area (Å²) in [5.41, 5.74) is 1.21. The summed E-state index contributed by atoms with van der Waals surface area (Å²) in [6.45, 7) is 6.26. The Labute approximate surface area is 117 Å². The van der Waals surface area contributed by atoms with Crippen LogP contribution in [0.2, 0.25) is 0 Å². The topological polar surface area (TPSA) is 30.5 Å². The molecule has 0 saturated carbocycles. The van der Waals surface area contributed by atoms with Crippen LogP contribution in [0.4, 0.5) is 0 Å². The minimum atomic E-state index is 0.185. The number of rotatable bonds is 8. The summed E-state index contributed by atoms with van der Waals surface area (Å²) < 4.78 is 11.4. The van der Waals surface area contributed by atoms with E-state index >= 15 is 0 Å². The van der Waals surface area contributed by atoms with Crippen LogP contribution < -0.4 is 10.1 Å². The van der Waals surface area contributed by atoms with Gasteiger partial charge in [-0.2, -0.15) is 0 Å². The zero-order chi connectivity index (χ0) is 14.3. The highest BCUT2D eigenvalue weighted by molar-refractivity contribution is 5.31. The van der Waals surface area contributed by atoms with E-state index in [0.29, 0.717) is 0 Å². The molecule has 0 radical (unpaired) electrons. The van der Waals surface area contributed by atoms with Crippen molar-refractivity contribution in [3.8, 4) is 5.75 Å². The molecule has 1 N–H and O–H groups in total. The highest BCUT2D eigenvalue weighted by atomic mass is 16.5. The smallest absolute Gasteiger partial charge is 0.120 e. The molecule has 0 aliphatic heterocycles. The van der Waals surface area contributed by atoms with Crippen molar-refractivity contribution in [3.63, 3.8) is 0 Å². The van der Waals surface area contributed by atoms with Gasteiger partial charge in [0, 0.05) is 7.11 Å². The Balaban J connectivity index is 2.90. The van der Waals surface area contributed by atoms with Gasteiger partial charge < -0.3 is 14.8 Å². The lowest BCUT2D eigenvalue weighted by atomic mass is 9.98. The van der Waals surface area contributed by atoms with Crippen LogP contribution in [0, 0.1) is 0 Å². The maximum Gasteiger partial charge on any atom is 0.120 e. The fraction of sp³-hybridized carbons (Fsp3) is 0.625. The van der Waals surface area contributed by atoms with Gasteiger partial charge in [-0.15, -0.1) is 0 Å². The molecule has 2 atom stereocenters. The highest BCUT2D eigenvalue weighted by Crippen LogP contribution is 2.25. The van der Waals surface area contributed by atoms with Crippen LogP contribution in [-0.2, 0) is 4.74 Å². The number of ether oxygens (including phenoxy) is 2. The van der Waals surface area contributed by atoms with Gasteiger partial charge in [0.05, 0.1) is 18.2 Å². The van der Waals surface area contributed by atoms with Crippen LogP contribution in [0.15, 0.2) is 24.3 Å². The Hall–Kier alpha value is -1.06. The first kappa shape index (κ1) is 16.0. The zero-order valence-corrected chi connectivity index (χ0v) is 12.8. The predicted molar refractivity (Wildman–Crippen MR) is 79.7 cm³/mol. The monoisotopic (exact) mass is 265 g/mol. The van der Waals surface area contributed by atoms with Gasteiger partial charge in [0.25, 0.3) is 0 Å². The molecule has 108 valence electrons. The first-order valence-corrected chi connectivity index (χ1v) is 7.09. The Bertz CT molecular complexity index is 366. The van der Waals surface area contributed by atoms with E-state index in [1.54, 1.807) is 7.11 Å². The summed E-state index contributed by atoms with van der Waals surface area (Å²) in [5.74, 6) is 0.916. The summed E-state index contributed by atoms with van der Waals surface area (Å²) in [7, 11) is 3.75. The Morgan fingerprint density at radius 2 is 2.00 bits per heavy atom. The lowest BCUT2D eigenvalue weighted by Crippen LogP contribution is -2.31. The van der Waals surface area contributed by atoms with E-state index < -0.39 is 0 Å². The molecule has 1 rings (SSSR count). The van der Waals surface area contributed by atoms with E-state index in [9.17, 15) is 0 Å². The van der Waals surface area contributed by atoms with E-state index in [1.807, 2.05) is 33.0 Å². The van der Waals surface area contributed by atoms with Gasteiger partial charge in [0.2, 0.25) is 0 Å². The fourth-order valence-electron chi connectivity index (χ4n) is 2.33. The van der Waals surface area contributed by atoms with Crippen molar-refractivity contribution in [1.82, 2.24) is 5.32 Å². The van der Waals surface area contributed by atoms with Crippen LogP contribution in [0.5, 0.6) is 5.75 Å². The molecule has 0 aliphatic rings. The molecule has 0 heterocycles. The van der Waals surface area contributed by atoms with Crippen LogP contribution in [0.3, 0.4) is 0 Å². The molecule has 2 unspecified atom stereocenters. The van der Waals surface area contributed by atoms with Crippen molar-refractivity contribution in [2.75, 3.05) is 14.2 Å². The molecule has 0 spiro atoms. The molecule has 3 nitrogen and oxygen atoms in total. The summed E-state index contributed by atoms with van der Waals surface area (Å²) in [5, 5.41) is 3.35. The molecule has 0 aromatic heterocycles. The minimum Gasteiger partial charge on any atom is -0.491 e. The lowest BCUT2D eigenvalue weighted by Gasteiger charge is -2.26. The molecule has 0 saturated heterocycles. The normalized spacial score (nSPS) is 14.4. The molecule has 0 bridgehead atoms. The summed E-state index contributed by atoms with van der Waals surface area (Å²) >= 11 is 0. The number of benzene rings is 1. The molecule has 0 amide bonds. The van der Waals surface area contributed by atoms with E-state index in [2.05, 4.69) is 24.4 Å². The van der Waals surface area contributed by atoms with Gasteiger partial charge in [-0.25, -0.2) is 0 Å². The Kier molecular flexibility index (Phi) is 6.89. The van der Waals surface area contributed by atoms with Gasteiger partial charge in [0.1, 0.15) is 5.75 Å². The van der Waals surface area contributed by atoms with Gasteiger partial charge in [-0.3, -0.25) is 0 Å². The Morgan fingerprint density at radius 1 is 1.26 bits per heavy atom. The number of nitrogens with one attached hydrogen (secondary N) is 1. The minimum absolute atomic E-state index is 0.185. The van der Waals surface area contributed by atoms with E-state index in [0.717, 1.165) is 18.6 Å². The van der Waals surface area contributed by atoms with Crippen molar-refractivity contribution in [3.05, 3.63) is 29.8 Å². The van der Waals surface area contributed by atoms with Gasteiger partial charge in [-0.05, 0) is 45.0 Å². The quantitative estimate of drug-likeness (QED) is 0.779. The van der Waals surface area contributed by atoms with E-state index in [1.165, 1.54) is 5.56 Å². The number of hydrogen-bond acceptors (Lipinski definition) is 3. The largest absolute Gasteiger partial charge is 0.491 e. The standard InChI is InChI=1S/C16H27NO2/c1-6-8-15(18-5)16(17-4)13-9-7-10-14(11-13)19-12(2)3/h7,9-12,15-17H,6,8H2,1-5H3. The lowest BCUT2D eigenvalue weighted by molar-refractivity contribution is 0.0629. The molecule has 0 aliphatic carbocycles. The summed E-state index contributed by atoms with van der Waals surface area (Å²) in [4.78, 5) is 0. The van der Waals surface area contributed by atoms with Gasteiger partial charge in [-0.1, -0.05) is 25.5 Å². The molecular formula is C16H27NO2. The SMILES string of the molecule is CCCC(OC)C(NC)c1cccc(OC(C)C)c1. The number of hydrogen-bond donors (Lipinski definition) is 1.